The lowest BCUT2D eigenvalue weighted by atomic mass is 10.5. The van der Waals surface area contributed by atoms with Crippen LogP contribution in [0, 0.1) is 0 Å². The summed E-state index contributed by atoms with van der Waals surface area (Å²) in [7, 11) is 0. The molecule has 3 aromatic rings. The van der Waals surface area contributed by atoms with Crippen molar-refractivity contribution in [1.29, 1.82) is 0 Å². The zero-order valence-electron chi connectivity index (χ0n) is 6.38. The smallest absolute Gasteiger partial charge is 0.221 e. The Morgan fingerprint density at radius 2 is 2.00 bits per heavy atom. The molecule has 3 rings (SSSR count). The normalized spacial score (nSPS) is 11.1. The van der Waals surface area contributed by atoms with Crippen LogP contribution in [0.5, 0.6) is 0 Å². The molecule has 0 atom stereocenters. The van der Waals surface area contributed by atoms with E-state index in [-0.39, 0.29) is 0 Å². The van der Waals surface area contributed by atoms with E-state index >= 15 is 0 Å². The van der Waals surface area contributed by atoms with Crippen LogP contribution < -0.4 is 0 Å². The molecule has 0 aliphatic rings. The fraction of sp³-hybridized carbons (Fsp3) is 0. The van der Waals surface area contributed by atoms with Crippen LogP contribution >= 0.6 is 0 Å². The second-order valence-corrected chi connectivity index (χ2v) is 2.48. The molecule has 0 fully saturated rings. The molecular formula is C7H3N5O. The summed E-state index contributed by atoms with van der Waals surface area (Å²) in [5.74, 6) is 0. The lowest BCUT2D eigenvalue weighted by Gasteiger charge is -1.91. The molecule has 0 aromatic carbocycles. The number of nitrogens with zero attached hydrogens (tertiary/aromatic N) is 5. The zero-order valence-corrected chi connectivity index (χ0v) is 6.38. The molecule has 6 heteroatoms. The molecule has 0 N–H and O–H groups in total. The van der Waals surface area contributed by atoms with E-state index in [1.807, 2.05) is 0 Å². The molecule has 0 saturated heterocycles. The molecule has 0 saturated carbocycles. The summed E-state index contributed by atoms with van der Waals surface area (Å²) in [6, 6.07) is 0. The quantitative estimate of drug-likeness (QED) is 0.494. The number of hydrogen-bond donors (Lipinski definition) is 0. The van der Waals surface area contributed by atoms with Crippen LogP contribution in [0.15, 0.2) is 23.3 Å². The standard InChI is InChI=1S/C7H3N5O/c1-4-6(9-3-8-1)11-5-2-13-12-7(5)10-4/h1-3H. The summed E-state index contributed by atoms with van der Waals surface area (Å²) in [6.07, 6.45) is 4.45. The summed E-state index contributed by atoms with van der Waals surface area (Å²) in [4.78, 5) is 16.1. The highest BCUT2D eigenvalue weighted by Gasteiger charge is 2.04. The number of rotatable bonds is 0. The first-order chi connectivity index (χ1) is 6.43. The van der Waals surface area contributed by atoms with Gasteiger partial charge in [0.15, 0.2) is 17.4 Å². The summed E-state index contributed by atoms with van der Waals surface area (Å²) in [6.45, 7) is 0. The number of hydrogen-bond acceptors (Lipinski definition) is 6. The van der Waals surface area contributed by atoms with Crippen LogP contribution in [-0.4, -0.2) is 25.1 Å². The first-order valence-corrected chi connectivity index (χ1v) is 3.61. The Labute approximate surface area is 71.6 Å². The summed E-state index contributed by atoms with van der Waals surface area (Å²) >= 11 is 0. The van der Waals surface area contributed by atoms with Crippen molar-refractivity contribution >= 4 is 22.3 Å². The van der Waals surface area contributed by atoms with Crippen molar-refractivity contribution in [1.82, 2.24) is 25.1 Å². The van der Waals surface area contributed by atoms with Gasteiger partial charge in [-0.25, -0.2) is 19.9 Å². The van der Waals surface area contributed by atoms with Crippen molar-refractivity contribution < 1.29 is 4.52 Å². The molecule has 0 aliphatic heterocycles. The predicted octanol–water partition coefficient (Wildman–Crippen LogP) is 0.561. The van der Waals surface area contributed by atoms with E-state index in [2.05, 4.69) is 25.1 Å². The maximum Gasteiger partial charge on any atom is 0.221 e. The van der Waals surface area contributed by atoms with Gasteiger partial charge in [-0.1, -0.05) is 5.16 Å². The summed E-state index contributed by atoms with van der Waals surface area (Å²) in [5.41, 5.74) is 2.24. The highest BCUT2D eigenvalue weighted by molar-refractivity contribution is 5.80. The molecule has 0 amide bonds. The molecule has 0 bridgehead atoms. The van der Waals surface area contributed by atoms with Crippen molar-refractivity contribution in [3.8, 4) is 0 Å². The van der Waals surface area contributed by atoms with Crippen molar-refractivity contribution in [3.63, 3.8) is 0 Å². The Bertz CT molecular complexity index is 525. The fourth-order valence-electron chi connectivity index (χ4n) is 1.09. The van der Waals surface area contributed by atoms with E-state index in [1.165, 1.54) is 12.6 Å². The van der Waals surface area contributed by atoms with Gasteiger partial charge in [0.05, 0.1) is 6.20 Å². The van der Waals surface area contributed by atoms with E-state index in [0.717, 1.165) is 0 Å². The summed E-state index contributed by atoms with van der Waals surface area (Å²) in [5, 5.41) is 3.66. The van der Waals surface area contributed by atoms with E-state index in [9.17, 15) is 0 Å². The fourth-order valence-corrected chi connectivity index (χ4v) is 1.09. The molecule has 0 radical (unpaired) electrons. The van der Waals surface area contributed by atoms with Gasteiger partial charge < -0.3 is 4.52 Å². The number of fused-ring (bicyclic) bond motifs is 2. The lowest BCUT2D eigenvalue weighted by molar-refractivity contribution is 0.426. The topological polar surface area (TPSA) is 77.6 Å². The van der Waals surface area contributed by atoms with Crippen LogP contribution in [0.2, 0.25) is 0 Å². The lowest BCUT2D eigenvalue weighted by Crippen LogP contribution is -1.89. The van der Waals surface area contributed by atoms with Crippen molar-refractivity contribution in [2.75, 3.05) is 0 Å². The molecule has 62 valence electrons. The Kier molecular flexibility index (Phi) is 1.08. The molecule has 0 aliphatic carbocycles. The van der Waals surface area contributed by atoms with Crippen LogP contribution in [0.4, 0.5) is 0 Å². The van der Waals surface area contributed by atoms with Gasteiger partial charge in [0, 0.05) is 0 Å². The summed E-state index contributed by atoms with van der Waals surface area (Å²) < 4.78 is 4.71. The van der Waals surface area contributed by atoms with Gasteiger partial charge >= 0.3 is 0 Å². The second-order valence-electron chi connectivity index (χ2n) is 2.48. The Morgan fingerprint density at radius 1 is 1.08 bits per heavy atom. The molecule has 6 nitrogen and oxygen atoms in total. The van der Waals surface area contributed by atoms with Gasteiger partial charge in [-0.3, -0.25) is 0 Å². The van der Waals surface area contributed by atoms with Crippen LogP contribution in [0.25, 0.3) is 22.3 Å². The number of aromatic nitrogens is 5. The van der Waals surface area contributed by atoms with Gasteiger partial charge in [-0.05, 0) is 0 Å². The predicted molar refractivity (Wildman–Crippen MR) is 42.7 cm³/mol. The maximum absolute atomic E-state index is 4.71. The second kappa shape index (κ2) is 2.19. The monoisotopic (exact) mass is 173 g/mol. The molecule has 13 heavy (non-hydrogen) atoms. The van der Waals surface area contributed by atoms with Crippen LogP contribution in [0.3, 0.4) is 0 Å². The van der Waals surface area contributed by atoms with Crippen molar-refractivity contribution in [2.45, 2.75) is 0 Å². The Morgan fingerprint density at radius 3 is 3.00 bits per heavy atom. The first-order valence-electron chi connectivity index (χ1n) is 3.61. The van der Waals surface area contributed by atoms with Crippen molar-refractivity contribution in [2.24, 2.45) is 0 Å². The maximum atomic E-state index is 4.71. The third-order valence-electron chi connectivity index (χ3n) is 1.66. The van der Waals surface area contributed by atoms with E-state index in [4.69, 9.17) is 4.52 Å². The molecule has 3 heterocycles. The van der Waals surface area contributed by atoms with E-state index in [1.54, 1.807) is 6.20 Å². The van der Waals surface area contributed by atoms with Crippen LogP contribution in [0.1, 0.15) is 0 Å². The van der Waals surface area contributed by atoms with Gasteiger partial charge in [0.1, 0.15) is 11.8 Å². The van der Waals surface area contributed by atoms with Gasteiger partial charge in [-0.2, -0.15) is 0 Å². The molecule has 0 spiro atoms. The minimum Gasteiger partial charge on any atom is -0.360 e. The van der Waals surface area contributed by atoms with E-state index < -0.39 is 0 Å². The van der Waals surface area contributed by atoms with Crippen LogP contribution in [-0.2, 0) is 0 Å². The molecular weight excluding hydrogens is 170 g/mol. The minimum atomic E-state index is 0.474. The largest absolute Gasteiger partial charge is 0.360 e. The zero-order chi connectivity index (χ0) is 8.67. The third kappa shape index (κ3) is 0.851. The van der Waals surface area contributed by atoms with E-state index in [0.29, 0.717) is 22.3 Å². The highest BCUT2D eigenvalue weighted by Crippen LogP contribution is 2.10. The average molecular weight is 173 g/mol. The Balaban J connectivity index is 2.57. The highest BCUT2D eigenvalue weighted by atomic mass is 16.5. The average Bonchev–Trinajstić information content (AvgIpc) is 2.61. The van der Waals surface area contributed by atoms with Gasteiger partial charge in [0.2, 0.25) is 5.65 Å². The Hall–Kier alpha value is -2.11. The molecule has 3 aromatic heterocycles. The molecule has 0 unspecified atom stereocenters. The first kappa shape index (κ1) is 6.41. The van der Waals surface area contributed by atoms with Gasteiger partial charge in [0.25, 0.3) is 0 Å². The third-order valence-corrected chi connectivity index (χ3v) is 1.66. The van der Waals surface area contributed by atoms with Gasteiger partial charge in [-0.15, -0.1) is 0 Å². The van der Waals surface area contributed by atoms with Crippen molar-refractivity contribution in [3.05, 3.63) is 18.8 Å². The SMILES string of the molecule is c1ncc2nc3nocc3nc2n1. The minimum absolute atomic E-state index is 0.474.